The van der Waals surface area contributed by atoms with Crippen LogP contribution in [0.1, 0.15) is 43.6 Å². The highest BCUT2D eigenvalue weighted by molar-refractivity contribution is 6.55. The molecule has 1 aromatic rings. The van der Waals surface area contributed by atoms with Crippen molar-refractivity contribution in [3.05, 3.63) is 40.6 Å². The molecule has 0 atom stereocenters. The lowest BCUT2D eigenvalue weighted by Crippen LogP contribution is -2.41. The van der Waals surface area contributed by atoms with Crippen molar-refractivity contribution >= 4 is 19.5 Å². The molecule has 118 valence electrons. The minimum Gasteiger partial charge on any atom is -0.400 e. The number of aldehydes is 1. The van der Waals surface area contributed by atoms with Crippen molar-refractivity contribution in [3.8, 4) is 0 Å². The van der Waals surface area contributed by atoms with Gasteiger partial charge < -0.3 is 14.4 Å². The lowest BCUT2D eigenvalue weighted by Gasteiger charge is -2.32. The monoisotopic (exact) mass is 306 g/mol. The van der Waals surface area contributed by atoms with Crippen LogP contribution < -0.4 is 0 Å². The normalized spacial score (nSPS) is 20.3. The highest BCUT2D eigenvalue weighted by Crippen LogP contribution is 2.38. The molecule has 0 unspecified atom stereocenters. The molecule has 0 aliphatic carbocycles. The topological polar surface area (TPSA) is 55.8 Å². The van der Waals surface area contributed by atoms with Gasteiger partial charge in [-0.05, 0) is 56.9 Å². The average molecular weight is 306 g/mol. The summed E-state index contributed by atoms with van der Waals surface area (Å²) in [6.45, 7) is 7.36. The summed E-state index contributed by atoms with van der Waals surface area (Å²) in [4.78, 5) is 10.8. The Balaban J connectivity index is 2.33. The fourth-order valence-corrected chi connectivity index (χ4v) is 2.18. The summed E-state index contributed by atoms with van der Waals surface area (Å²) in [7, 11) is -0.710. The first-order chi connectivity index (χ1) is 10.2. The van der Waals surface area contributed by atoms with Crippen LogP contribution in [0.25, 0.3) is 6.08 Å². The summed E-state index contributed by atoms with van der Waals surface area (Å²) >= 11 is 0. The molecule has 1 N–H and O–H groups in total. The smallest absolute Gasteiger partial charge is 0.400 e. The zero-order valence-corrected chi connectivity index (χ0v) is 13.2. The number of aliphatic hydroxyl groups excluding tert-OH is 1. The molecule has 2 rings (SSSR count). The first-order valence-electron chi connectivity index (χ1n) is 7.11. The van der Waals surface area contributed by atoms with Gasteiger partial charge in [-0.2, -0.15) is 0 Å². The zero-order chi connectivity index (χ0) is 16.5. The Hall–Kier alpha value is -1.50. The van der Waals surface area contributed by atoms with Crippen LogP contribution in [-0.4, -0.2) is 36.3 Å². The van der Waals surface area contributed by atoms with Gasteiger partial charge in [0.05, 0.1) is 17.8 Å². The van der Waals surface area contributed by atoms with Crippen molar-refractivity contribution in [2.75, 3.05) is 6.61 Å². The van der Waals surface area contributed by atoms with Gasteiger partial charge in [0.25, 0.3) is 0 Å². The van der Waals surface area contributed by atoms with Crippen molar-refractivity contribution in [1.82, 2.24) is 0 Å². The van der Waals surface area contributed by atoms with Crippen LogP contribution >= 0.6 is 0 Å². The van der Waals surface area contributed by atoms with Crippen LogP contribution in [0.5, 0.6) is 0 Å². The molecule has 6 heteroatoms. The van der Waals surface area contributed by atoms with Gasteiger partial charge in [-0.15, -0.1) is 0 Å². The molecule has 0 bridgehead atoms. The van der Waals surface area contributed by atoms with Crippen LogP contribution in [-0.2, 0) is 9.31 Å². The molecule has 0 spiro atoms. The molecule has 0 amide bonds. The molecular weight excluding hydrogens is 286 g/mol. The molecule has 1 saturated heterocycles. The summed E-state index contributed by atoms with van der Waals surface area (Å²) in [5.41, 5.74) is 0.128. The Bertz CT molecular complexity index is 594. The third-order valence-corrected chi connectivity index (χ3v) is 4.17. The van der Waals surface area contributed by atoms with E-state index in [0.29, 0.717) is 17.3 Å². The van der Waals surface area contributed by atoms with Gasteiger partial charge in [0.15, 0.2) is 0 Å². The molecule has 1 heterocycles. The lowest BCUT2D eigenvalue weighted by atomic mass is 9.77. The van der Waals surface area contributed by atoms with Gasteiger partial charge in [0.1, 0.15) is 12.1 Å². The third kappa shape index (κ3) is 3.29. The van der Waals surface area contributed by atoms with E-state index in [0.717, 1.165) is 6.07 Å². The molecule has 0 aromatic heterocycles. The van der Waals surface area contributed by atoms with Crippen LogP contribution in [0.15, 0.2) is 23.7 Å². The fraction of sp³-hybridized carbons (Fsp3) is 0.438. The molecule has 0 saturated carbocycles. The van der Waals surface area contributed by atoms with E-state index in [1.807, 2.05) is 27.7 Å². The molecule has 22 heavy (non-hydrogen) atoms. The predicted octanol–water partition coefficient (Wildman–Crippen LogP) is 2.65. The summed E-state index contributed by atoms with van der Waals surface area (Å²) in [6, 6.07) is 3.97. The SMILES string of the molecule is CC1(C)OB(C(=Cc2cc(F)cc(C=O)c2)CO)OC1(C)C. The van der Waals surface area contributed by atoms with Crippen molar-refractivity contribution in [2.24, 2.45) is 0 Å². The highest BCUT2D eigenvalue weighted by Gasteiger charge is 2.52. The molecular formula is C16H20BFO4. The zero-order valence-electron chi connectivity index (χ0n) is 13.2. The van der Waals surface area contributed by atoms with Crippen LogP contribution in [0.2, 0.25) is 0 Å². The van der Waals surface area contributed by atoms with Gasteiger partial charge in [-0.25, -0.2) is 4.39 Å². The molecule has 1 aromatic carbocycles. The van der Waals surface area contributed by atoms with E-state index < -0.39 is 24.1 Å². The Kier molecular flexibility index (Phi) is 4.56. The van der Waals surface area contributed by atoms with Crippen molar-refractivity contribution in [2.45, 2.75) is 38.9 Å². The highest BCUT2D eigenvalue weighted by atomic mass is 19.1. The third-order valence-electron chi connectivity index (χ3n) is 4.17. The summed E-state index contributed by atoms with van der Waals surface area (Å²) in [5, 5.41) is 9.59. The van der Waals surface area contributed by atoms with Crippen molar-refractivity contribution in [3.63, 3.8) is 0 Å². The molecule has 4 nitrogen and oxygen atoms in total. The second kappa shape index (κ2) is 5.95. The van der Waals surface area contributed by atoms with E-state index in [1.165, 1.54) is 12.1 Å². The molecule has 1 fully saturated rings. The number of hydrogen-bond acceptors (Lipinski definition) is 4. The molecule has 1 aliphatic rings. The molecule has 1 aliphatic heterocycles. The van der Waals surface area contributed by atoms with E-state index >= 15 is 0 Å². The Morgan fingerprint density at radius 2 is 1.73 bits per heavy atom. The number of aliphatic hydroxyl groups is 1. The van der Waals surface area contributed by atoms with E-state index in [1.54, 1.807) is 6.08 Å². The van der Waals surface area contributed by atoms with Crippen molar-refractivity contribution in [1.29, 1.82) is 0 Å². The lowest BCUT2D eigenvalue weighted by molar-refractivity contribution is 0.00578. The van der Waals surface area contributed by atoms with Crippen LogP contribution in [0, 0.1) is 5.82 Å². The first-order valence-corrected chi connectivity index (χ1v) is 7.11. The van der Waals surface area contributed by atoms with Gasteiger partial charge in [0.2, 0.25) is 0 Å². The minimum absolute atomic E-state index is 0.234. The van der Waals surface area contributed by atoms with Gasteiger partial charge in [-0.1, -0.05) is 6.08 Å². The maximum atomic E-state index is 13.5. The van der Waals surface area contributed by atoms with E-state index in [2.05, 4.69) is 0 Å². The number of rotatable bonds is 4. The minimum atomic E-state index is -0.710. The van der Waals surface area contributed by atoms with E-state index in [-0.39, 0.29) is 12.2 Å². The Morgan fingerprint density at radius 3 is 2.23 bits per heavy atom. The number of halogens is 1. The second-order valence-corrected chi connectivity index (χ2v) is 6.40. The number of hydrogen-bond donors (Lipinski definition) is 1. The largest absolute Gasteiger partial charge is 0.492 e. The Labute approximate surface area is 130 Å². The summed E-state index contributed by atoms with van der Waals surface area (Å²) < 4.78 is 25.2. The van der Waals surface area contributed by atoms with Gasteiger partial charge in [0, 0.05) is 5.56 Å². The quantitative estimate of drug-likeness (QED) is 0.686. The van der Waals surface area contributed by atoms with Gasteiger partial charge >= 0.3 is 7.12 Å². The maximum absolute atomic E-state index is 13.5. The van der Waals surface area contributed by atoms with Crippen LogP contribution in [0.3, 0.4) is 0 Å². The first kappa shape index (κ1) is 16.9. The Morgan fingerprint density at radius 1 is 1.18 bits per heavy atom. The number of carbonyl (C=O) groups excluding carboxylic acids is 1. The second-order valence-electron chi connectivity index (χ2n) is 6.40. The summed E-state index contributed by atoms with van der Waals surface area (Å²) in [6.07, 6.45) is 2.16. The van der Waals surface area contributed by atoms with Crippen LogP contribution in [0.4, 0.5) is 4.39 Å². The standard InChI is InChI=1S/C16H20BFO4/c1-15(2)16(3,4)22-17(21-15)13(10-20)6-11-5-12(9-19)8-14(18)7-11/h5-9,20H,10H2,1-4H3. The van der Waals surface area contributed by atoms with E-state index in [9.17, 15) is 14.3 Å². The van der Waals surface area contributed by atoms with E-state index in [4.69, 9.17) is 9.31 Å². The summed E-state index contributed by atoms with van der Waals surface area (Å²) in [5.74, 6) is -0.512. The van der Waals surface area contributed by atoms with Crippen molar-refractivity contribution < 1.29 is 23.6 Å². The number of benzene rings is 1. The van der Waals surface area contributed by atoms with Gasteiger partial charge in [-0.3, -0.25) is 4.79 Å². The average Bonchev–Trinajstić information content (AvgIpc) is 2.64. The fourth-order valence-electron chi connectivity index (χ4n) is 2.18. The number of carbonyl (C=O) groups is 1. The molecule has 0 radical (unpaired) electrons. The maximum Gasteiger partial charge on any atom is 0.492 e. The predicted molar refractivity (Wildman–Crippen MR) is 82.9 cm³/mol.